The molecule has 4 rings (SSSR count). The van der Waals surface area contributed by atoms with E-state index < -0.39 is 0 Å². The number of aryl methyl sites for hydroxylation is 2. The van der Waals surface area contributed by atoms with Gasteiger partial charge in [0, 0.05) is 43.9 Å². The van der Waals surface area contributed by atoms with Gasteiger partial charge in [0.2, 0.25) is 0 Å². The molecule has 1 aliphatic rings. The van der Waals surface area contributed by atoms with Crippen molar-refractivity contribution < 1.29 is 9.15 Å². The maximum atomic E-state index is 12.2. The zero-order valence-electron chi connectivity index (χ0n) is 16.5. The molecule has 3 aromatic rings. The van der Waals surface area contributed by atoms with Gasteiger partial charge in [0.15, 0.2) is 0 Å². The van der Waals surface area contributed by atoms with Crippen LogP contribution in [-0.4, -0.2) is 29.1 Å². The molecule has 5 heteroatoms. The monoisotopic (exact) mass is 378 g/mol. The Morgan fingerprint density at radius 1 is 1.18 bits per heavy atom. The van der Waals surface area contributed by atoms with Crippen molar-refractivity contribution >= 4 is 11.0 Å². The highest BCUT2D eigenvalue weighted by atomic mass is 16.5. The first-order valence-corrected chi connectivity index (χ1v) is 9.86. The first-order valence-electron chi connectivity index (χ1n) is 9.86. The summed E-state index contributed by atoms with van der Waals surface area (Å²) >= 11 is 0. The molecule has 1 fully saturated rings. The van der Waals surface area contributed by atoms with Gasteiger partial charge in [-0.25, -0.2) is 4.79 Å². The summed E-state index contributed by atoms with van der Waals surface area (Å²) in [5.74, 6) is 0. The molecule has 1 atom stereocenters. The van der Waals surface area contributed by atoms with Crippen LogP contribution in [0.1, 0.15) is 35.2 Å². The number of pyridine rings is 1. The largest absolute Gasteiger partial charge is 0.422 e. The molecule has 5 nitrogen and oxygen atoms in total. The second-order valence-electron chi connectivity index (χ2n) is 7.67. The number of nitrogens with zero attached hydrogens (tertiary/aromatic N) is 2. The third-order valence-electron chi connectivity index (χ3n) is 5.25. The third kappa shape index (κ3) is 4.32. The summed E-state index contributed by atoms with van der Waals surface area (Å²) in [6.07, 6.45) is 4.24. The minimum absolute atomic E-state index is 0.235. The molecule has 2 aromatic heterocycles. The van der Waals surface area contributed by atoms with E-state index in [0.29, 0.717) is 18.7 Å². The van der Waals surface area contributed by atoms with Crippen molar-refractivity contribution in [3.63, 3.8) is 0 Å². The zero-order valence-corrected chi connectivity index (χ0v) is 16.5. The van der Waals surface area contributed by atoms with Crippen LogP contribution in [0.5, 0.6) is 0 Å². The average Bonchev–Trinajstić information content (AvgIpc) is 3.16. The maximum absolute atomic E-state index is 12.2. The Balaban J connectivity index is 1.68. The maximum Gasteiger partial charge on any atom is 0.336 e. The van der Waals surface area contributed by atoms with Crippen LogP contribution in [0.4, 0.5) is 0 Å². The first kappa shape index (κ1) is 18.8. The quantitative estimate of drug-likeness (QED) is 0.607. The molecule has 3 heterocycles. The predicted molar refractivity (Wildman–Crippen MR) is 109 cm³/mol. The molecule has 146 valence electrons. The molecular weight excluding hydrogens is 352 g/mol. The van der Waals surface area contributed by atoms with E-state index in [2.05, 4.69) is 22.9 Å². The highest BCUT2D eigenvalue weighted by Crippen LogP contribution is 2.25. The minimum Gasteiger partial charge on any atom is -0.422 e. The van der Waals surface area contributed by atoms with Crippen molar-refractivity contribution in [1.82, 2.24) is 9.88 Å². The van der Waals surface area contributed by atoms with Gasteiger partial charge in [-0.3, -0.25) is 9.88 Å². The van der Waals surface area contributed by atoms with E-state index in [4.69, 9.17) is 9.15 Å². The topological polar surface area (TPSA) is 55.6 Å². The number of fused-ring (bicyclic) bond motifs is 1. The van der Waals surface area contributed by atoms with Crippen LogP contribution >= 0.6 is 0 Å². The Morgan fingerprint density at radius 2 is 2.07 bits per heavy atom. The fourth-order valence-corrected chi connectivity index (χ4v) is 4.03. The molecule has 1 aliphatic heterocycles. The van der Waals surface area contributed by atoms with Crippen LogP contribution < -0.4 is 5.63 Å². The van der Waals surface area contributed by atoms with Crippen LogP contribution in [0.25, 0.3) is 11.0 Å². The lowest BCUT2D eigenvalue weighted by Gasteiger charge is -2.25. The first-order chi connectivity index (χ1) is 13.6. The van der Waals surface area contributed by atoms with Crippen molar-refractivity contribution in [2.24, 2.45) is 0 Å². The highest BCUT2D eigenvalue weighted by molar-refractivity contribution is 5.83. The van der Waals surface area contributed by atoms with Crippen molar-refractivity contribution in [2.45, 2.75) is 45.9 Å². The number of benzene rings is 1. The molecule has 0 spiro atoms. The summed E-state index contributed by atoms with van der Waals surface area (Å²) < 4.78 is 11.4. The SMILES string of the molecule is Cc1cc(C)c2oc(=O)cc(CN(Cc3ccccn3)C[C@H]3CCCO3)c2c1. The van der Waals surface area contributed by atoms with Gasteiger partial charge in [-0.15, -0.1) is 0 Å². The smallest absolute Gasteiger partial charge is 0.336 e. The average molecular weight is 378 g/mol. The number of hydrogen-bond donors (Lipinski definition) is 0. The lowest BCUT2D eigenvalue weighted by molar-refractivity contribution is 0.0676. The van der Waals surface area contributed by atoms with E-state index >= 15 is 0 Å². The van der Waals surface area contributed by atoms with Crippen molar-refractivity contribution in [1.29, 1.82) is 0 Å². The summed E-state index contributed by atoms with van der Waals surface area (Å²) in [6, 6.07) is 11.7. The van der Waals surface area contributed by atoms with Crippen molar-refractivity contribution in [2.75, 3.05) is 13.2 Å². The van der Waals surface area contributed by atoms with Gasteiger partial charge in [0.05, 0.1) is 11.8 Å². The normalized spacial score (nSPS) is 16.9. The van der Waals surface area contributed by atoms with Gasteiger partial charge in [-0.05, 0) is 61.6 Å². The Labute approximate surface area is 165 Å². The fourth-order valence-electron chi connectivity index (χ4n) is 4.03. The Morgan fingerprint density at radius 3 is 2.82 bits per heavy atom. The lowest BCUT2D eigenvalue weighted by Crippen LogP contribution is -2.32. The summed E-state index contributed by atoms with van der Waals surface area (Å²) in [5.41, 5.74) is 4.54. The predicted octanol–water partition coefficient (Wildman–Crippen LogP) is 3.99. The molecule has 28 heavy (non-hydrogen) atoms. The van der Waals surface area contributed by atoms with Crippen molar-refractivity contribution in [3.05, 3.63) is 75.4 Å². The number of aromatic nitrogens is 1. The molecule has 0 amide bonds. The number of hydrogen-bond acceptors (Lipinski definition) is 5. The van der Waals surface area contributed by atoms with E-state index in [0.717, 1.165) is 53.8 Å². The van der Waals surface area contributed by atoms with E-state index in [1.54, 1.807) is 6.07 Å². The second-order valence-corrected chi connectivity index (χ2v) is 7.67. The zero-order chi connectivity index (χ0) is 19.5. The third-order valence-corrected chi connectivity index (χ3v) is 5.25. The van der Waals surface area contributed by atoms with Crippen LogP contribution in [0.3, 0.4) is 0 Å². The molecule has 0 N–H and O–H groups in total. The second kappa shape index (κ2) is 8.25. The molecule has 1 aromatic carbocycles. The van der Waals surface area contributed by atoms with Gasteiger partial charge in [-0.2, -0.15) is 0 Å². The van der Waals surface area contributed by atoms with Crippen molar-refractivity contribution in [3.8, 4) is 0 Å². The number of ether oxygens (including phenoxy) is 1. The van der Waals surface area contributed by atoms with E-state index in [-0.39, 0.29) is 11.7 Å². The van der Waals surface area contributed by atoms with Crippen LogP contribution in [0.2, 0.25) is 0 Å². The molecule has 0 saturated carbocycles. The molecule has 0 radical (unpaired) electrons. The van der Waals surface area contributed by atoms with Crippen LogP contribution in [-0.2, 0) is 17.8 Å². The lowest BCUT2D eigenvalue weighted by atomic mass is 10.0. The highest BCUT2D eigenvalue weighted by Gasteiger charge is 2.21. The Kier molecular flexibility index (Phi) is 5.55. The molecule has 0 bridgehead atoms. The fraction of sp³-hybridized carbons (Fsp3) is 0.391. The Bertz CT molecular complexity index is 1010. The van der Waals surface area contributed by atoms with Gasteiger partial charge in [0.25, 0.3) is 0 Å². The van der Waals surface area contributed by atoms with Gasteiger partial charge in [0.1, 0.15) is 5.58 Å². The minimum atomic E-state index is -0.302. The van der Waals surface area contributed by atoms with Crippen LogP contribution in [0.15, 0.2) is 51.8 Å². The van der Waals surface area contributed by atoms with E-state index in [1.165, 1.54) is 0 Å². The number of rotatable bonds is 6. The molecule has 1 saturated heterocycles. The summed E-state index contributed by atoms with van der Waals surface area (Å²) in [4.78, 5) is 19.0. The van der Waals surface area contributed by atoms with E-state index in [1.807, 2.05) is 37.4 Å². The van der Waals surface area contributed by atoms with Gasteiger partial charge in [-0.1, -0.05) is 12.1 Å². The molecular formula is C23H26N2O3. The summed E-state index contributed by atoms with van der Waals surface area (Å²) in [7, 11) is 0. The summed E-state index contributed by atoms with van der Waals surface area (Å²) in [5, 5.41) is 1.01. The van der Waals surface area contributed by atoms with Crippen LogP contribution in [0, 0.1) is 13.8 Å². The summed E-state index contributed by atoms with van der Waals surface area (Å²) in [6.45, 7) is 7.08. The van der Waals surface area contributed by atoms with Gasteiger partial charge >= 0.3 is 5.63 Å². The van der Waals surface area contributed by atoms with E-state index in [9.17, 15) is 4.79 Å². The molecule has 0 unspecified atom stereocenters. The van der Waals surface area contributed by atoms with Gasteiger partial charge < -0.3 is 9.15 Å². The standard InChI is InChI=1S/C23H26N2O3/c1-16-10-17(2)23-21(11-16)18(12-22(26)28-23)13-25(15-20-7-5-9-27-20)14-19-6-3-4-8-24-19/h3-4,6,8,10-12,20H,5,7,9,13-15H2,1-2H3/t20-/m1/s1. The molecule has 0 aliphatic carbocycles. The Hall–Kier alpha value is -2.50.